The lowest BCUT2D eigenvalue weighted by atomic mass is 10.0. The lowest BCUT2D eigenvalue weighted by Gasteiger charge is -2.18. The summed E-state index contributed by atoms with van der Waals surface area (Å²) in [5, 5.41) is 0. The lowest BCUT2D eigenvalue weighted by molar-refractivity contribution is -0.167. The van der Waals surface area contributed by atoms with Crippen molar-refractivity contribution in [1.29, 1.82) is 0 Å². The van der Waals surface area contributed by atoms with Crippen LogP contribution in [0.5, 0.6) is 0 Å². The van der Waals surface area contributed by atoms with Crippen LogP contribution in [0, 0.1) is 0 Å². The van der Waals surface area contributed by atoms with Crippen LogP contribution in [0.15, 0.2) is 85.1 Å². The molecule has 0 aliphatic carbocycles. The second-order valence-corrected chi connectivity index (χ2v) is 19.9. The molecule has 0 aliphatic rings. The van der Waals surface area contributed by atoms with Crippen molar-refractivity contribution in [2.24, 2.45) is 0 Å². The second-order valence-electron chi connectivity index (χ2n) is 19.9. The fourth-order valence-electron chi connectivity index (χ4n) is 8.34. The van der Waals surface area contributed by atoms with Crippen molar-refractivity contribution in [3.63, 3.8) is 0 Å². The first kappa shape index (κ1) is 67.6. The Labute approximate surface area is 439 Å². The molecule has 0 fully saturated rings. The summed E-state index contributed by atoms with van der Waals surface area (Å²) in [4.78, 5) is 38.2. The fourth-order valence-corrected chi connectivity index (χ4v) is 8.34. The van der Waals surface area contributed by atoms with Gasteiger partial charge in [-0.1, -0.05) is 241 Å². The van der Waals surface area contributed by atoms with Crippen molar-refractivity contribution < 1.29 is 28.6 Å². The Bertz CT molecular complexity index is 1370. The van der Waals surface area contributed by atoms with Gasteiger partial charge in [-0.05, 0) is 116 Å². The van der Waals surface area contributed by atoms with E-state index in [4.69, 9.17) is 14.2 Å². The number of unbranched alkanes of at least 4 members (excludes halogenated alkanes) is 29. The van der Waals surface area contributed by atoms with Crippen LogP contribution < -0.4 is 0 Å². The minimum absolute atomic E-state index is 0.0908. The van der Waals surface area contributed by atoms with E-state index in [1.807, 2.05) is 0 Å². The molecule has 0 spiro atoms. The van der Waals surface area contributed by atoms with Crippen molar-refractivity contribution in [3.05, 3.63) is 85.1 Å². The van der Waals surface area contributed by atoms with Crippen molar-refractivity contribution in [2.75, 3.05) is 13.2 Å². The van der Waals surface area contributed by atoms with E-state index < -0.39 is 6.10 Å². The topological polar surface area (TPSA) is 78.9 Å². The monoisotopic (exact) mass is 989 g/mol. The molecule has 0 aromatic carbocycles. The summed E-state index contributed by atoms with van der Waals surface area (Å²) in [6.07, 6.45) is 77.2. The maximum atomic E-state index is 12.9. The number of carbonyl (C=O) groups excluding carboxylic acids is 3. The van der Waals surface area contributed by atoms with Gasteiger partial charge in [-0.3, -0.25) is 14.4 Å². The third-order valence-corrected chi connectivity index (χ3v) is 12.9. The van der Waals surface area contributed by atoms with Crippen LogP contribution >= 0.6 is 0 Å². The fraction of sp³-hybridized carbons (Fsp3) is 0.738. The number of hydrogen-bond acceptors (Lipinski definition) is 6. The molecular formula is C65H112O6. The van der Waals surface area contributed by atoms with Gasteiger partial charge in [0.25, 0.3) is 0 Å². The molecule has 0 bridgehead atoms. The first-order valence-corrected chi connectivity index (χ1v) is 30.1. The summed E-state index contributed by atoms with van der Waals surface area (Å²) in [6, 6.07) is 0. The standard InChI is InChI=1S/C65H112O6/c1-4-7-10-13-16-19-22-25-28-30-31-32-33-35-38-40-43-46-49-52-55-58-64(67)70-61-62(71-65(68)59-56-53-50-47-44-41-36-27-24-21-18-15-12-9-6-3)60-69-63(66)57-54-51-48-45-42-39-37-34-29-26-23-20-17-14-11-8-5-2/h9,12,17-18,20-21,25-29,36-37,39,62H,4-8,10-11,13-16,19,22-24,30-35,38,40-61H2,1-3H3/b12-9-,20-17-,21-18-,28-25-,29-26-,36-27-,39-37-/t62-/m1/s1. The van der Waals surface area contributed by atoms with Crippen LogP contribution in [0.1, 0.15) is 290 Å². The summed E-state index contributed by atoms with van der Waals surface area (Å²) < 4.78 is 16.9. The number of carbonyl (C=O) groups is 3. The zero-order chi connectivity index (χ0) is 51.4. The minimum atomic E-state index is -0.796. The van der Waals surface area contributed by atoms with Crippen molar-refractivity contribution in [1.82, 2.24) is 0 Å². The van der Waals surface area contributed by atoms with Gasteiger partial charge < -0.3 is 14.2 Å². The molecule has 0 aliphatic heterocycles. The maximum absolute atomic E-state index is 12.9. The van der Waals surface area contributed by atoms with Gasteiger partial charge in [0.15, 0.2) is 6.10 Å². The van der Waals surface area contributed by atoms with E-state index in [-0.39, 0.29) is 31.1 Å². The van der Waals surface area contributed by atoms with Crippen LogP contribution in [0.4, 0.5) is 0 Å². The van der Waals surface area contributed by atoms with E-state index in [0.717, 1.165) is 122 Å². The molecule has 1 atom stereocenters. The van der Waals surface area contributed by atoms with Gasteiger partial charge in [0.1, 0.15) is 13.2 Å². The number of hydrogen-bond donors (Lipinski definition) is 0. The first-order chi connectivity index (χ1) is 35.0. The molecule has 6 heteroatoms. The van der Waals surface area contributed by atoms with E-state index >= 15 is 0 Å². The second kappa shape index (κ2) is 59.2. The number of ether oxygens (including phenoxy) is 3. The zero-order valence-electron chi connectivity index (χ0n) is 46.7. The molecule has 6 nitrogen and oxygen atoms in total. The van der Waals surface area contributed by atoms with Gasteiger partial charge >= 0.3 is 17.9 Å². The molecule has 0 radical (unpaired) electrons. The molecule has 0 saturated heterocycles. The molecule has 71 heavy (non-hydrogen) atoms. The van der Waals surface area contributed by atoms with E-state index in [2.05, 4.69) is 106 Å². The Morgan fingerprint density at radius 1 is 0.296 bits per heavy atom. The minimum Gasteiger partial charge on any atom is -0.462 e. The first-order valence-electron chi connectivity index (χ1n) is 30.1. The van der Waals surface area contributed by atoms with Crippen LogP contribution in [0.25, 0.3) is 0 Å². The van der Waals surface area contributed by atoms with Gasteiger partial charge in [0.2, 0.25) is 0 Å². The molecular weight excluding hydrogens is 877 g/mol. The Balaban J connectivity index is 4.40. The Hall–Kier alpha value is -3.41. The van der Waals surface area contributed by atoms with Crippen LogP contribution in [0.3, 0.4) is 0 Å². The average Bonchev–Trinajstić information content (AvgIpc) is 3.37. The van der Waals surface area contributed by atoms with Gasteiger partial charge in [-0.2, -0.15) is 0 Å². The molecule has 0 unspecified atom stereocenters. The highest BCUT2D eigenvalue weighted by Crippen LogP contribution is 2.15. The average molecular weight is 990 g/mol. The van der Waals surface area contributed by atoms with Gasteiger partial charge in [-0.25, -0.2) is 0 Å². The molecule has 0 amide bonds. The Kier molecular flexibility index (Phi) is 56.3. The smallest absolute Gasteiger partial charge is 0.306 e. The third kappa shape index (κ3) is 57.4. The van der Waals surface area contributed by atoms with E-state index in [9.17, 15) is 14.4 Å². The highest BCUT2D eigenvalue weighted by molar-refractivity contribution is 5.71. The van der Waals surface area contributed by atoms with Crippen LogP contribution in [0.2, 0.25) is 0 Å². The SMILES string of the molecule is CC/C=C\C/C=C\C/C=C\CCCCCCCC(=O)O[C@H](COC(=O)CCCCCC/C=C\C/C=C\C/C=C\CCCCC)COC(=O)CCCCCCCCCCCCC/C=C\CCCCCCCC. The summed E-state index contributed by atoms with van der Waals surface area (Å²) in [7, 11) is 0. The van der Waals surface area contributed by atoms with Crippen LogP contribution in [-0.4, -0.2) is 37.2 Å². The normalized spacial score (nSPS) is 12.7. The Morgan fingerprint density at radius 3 is 0.901 bits per heavy atom. The van der Waals surface area contributed by atoms with E-state index in [0.29, 0.717) is 19.3 Å². The summed E-state index contributed by atoms with van der Waals surface area (Å²) >= 11 is 0. The van der Waals surface area contributed by atoms with Gasteiger partial charge in [0.05, 0.1) is 0 Å². The highest BCUT2D eigenvalue weighted by atomic mass is 16.6. The maximum Gasteiger partial charge on any atom is 0.306 e. The molecule has 0 heterocycles. The molecule has 408 valence electrons. The van der Waals surface area contributed by atoms with Crippen molar-refractivity contribution >= 4 is 17.9 Å². The zero-order valence-corrected chi connectivity index (χ0v) is 46.7. The van der Waals surface area contributed by atoms with Crippen molar-refractivity contribution in [2.45, 2.75) is 297 Å². The molecule has 0 aromatic heterocycles. The lowest BCUT2D eigenvalue weighted by Crippen LogP contribution is -2.30. The third-order valence-electron chi connectivity index (χ3n) is 12.9. The quantitative estimate of drug-likeness (QED) is 0.0261. The Morgan fingerprint density at radius 2 is 0.549 bits per heavy atom. The number of allylic oxidation sites excluding steroid dienone is 14. The van der Waals surface area contributed by atoms with E-state index in [1.165, 1.54) is 128 Å². The predicted molar refractivity (Wildman–Crippen MR) is 307 cm³/mol. The van der Waals surface area contributed by atoms with Crippen molar-refractivity contribution in [3.8, 4) is 0 Å². The summed E-state index contributed by atoms with van der Waals surface area (Å²) in [5.74, 6) is -0.923. The van der Waals surface area contributed by atoms with Crippen LogP contribution in [-0.2, 0) is 28.6 Å². The summed E-state index contributed by atoms with van der Waals surface area (Å²) in [6.45, 7) is 6.48. The predicted octanol–water partition coefficient (Wildman–Crippen LogP) is 20.3. The molecule has 0 aromatic rings. The molecule has 0 N–H and O–H groups in total. The summed E-state index contributed by atoms with van der Waals surface area (Å²) in [5.41, 5.74) is 0. The number of esters is 3. The van der Waals surface area contributed by atoms with E-state index in [1.54, 1.807) is 0 Å². The highest BCUT2D eigenvalue weighted by Gasteiger charge is 2.19. The molecule has 0 rings (SSSR count). The van der Waals surface area contributed by atoms with Gasteiger partial charge in [0, 0.05) is 19.3 Å². The number of rotatable bonds is 54. The largest absolute Gasteiger partial charge is 0.462 e. The molecule has 0 saturated carbocycles. The van der Waals surface area contributed by atoms with Gasteiger partial charge in [-0.15, -0.1) is 0 Å².